The second kappa shape index (κ2) is 11.1. The van der Waals surface area contributed by atoms with E-state index in [0.717, 1.165) is 22.3 Å². The number of benzene rings is 2. The number of morpholine rings is 1. The number of hydrogen-bond donors (Lipinski definition) is 2. The number of primary amides is 1. The van der Waals surface area contributed by atoms with E-state index in [1.807, 2.05) is 12.1 Å². The molecule has 35 heavy (non-hydrogen) atoms. The van der Waals surface area contributed by atoms with Crippen LogP contribution in [-0.4, -0.2) is 67.3 Å². The third-order valence-electron chi connectivity index (χ3n) is 5.28. The van der Waals surface area contributed by atoms with Gasteiger partial charge in [-0.05, 0) is 36.0 Å². The van der Waals surface area contributed by atoms with Crippen molar-refractivity contribution >= 4 is 52.2 Å². The molecule has 0 aliphatic carbocycles. The second-order valence-corrected chi connectivity index (χ2v) is 8.72. The van der Waals surface area contributed by atoms with Crippen LogP contribution in [0, 0.1) is 0 Å². The molecule has 0 saturated carbocycles. The molecule has 0 aromatic heterocycles. The highest BCUT2D eigenvalue weighted by Crippen LogP contribution is 2.34. The van der Waals surface area contributed by atoms with E-state index in [-0.39, 0.29) is 11.5 Å². The molecule has 4 amide bonds. The minimum Gasteiger partial charge on any atom is -0.483 e. The summed E-state index contributed by atoms with van der Waals surface area (Å²) < 4.78 is 10.8. The predicted molar refractivity (Wildman–Crippen MR) is 132 cm³/mol. The van der Waals surface area contributed by atoms with Crippen molar-refractivity contribution in [1.82, 2.24) is 4.90 Å². The van der Waals surface area contributed by atoms with Crippen LogP contribution in [0.15, 0.2) is 53.4 Å². The van der Waals surface area contributed by atoms with Gasteiger partial charge in [0, 0.05) is 18.7 Å². The molecule has 11 heteroatoms. The van der Waals surface area contributed by atoms with Crippen LogP contribution in [0.2, 0.25) is 0 Å². The van der Waals surface area contributed by atoms with Crippen molar-refractivity contribution in [2.24, 2.45) is 5.73 Å². The molecule has 2 heterocycles. The average Bonchev–Trinajstić information content (AvgIpc) is 3.11. The van der Waals surface area contributed by atoms with Gasteiger partial charge in [0.1, 0.15) is 12.3 Å². The molecule has 10 nitrogen and oxygen atoms in total. The van der Waals surface area contributed by atoms with Gasteiger partial charge in [0.15, 0.2) is 6.61 Å². The molecule has 2 aliphatic rings. The zero-order valence-electron chi connectivity index (χ0n) is 18.8. The van der Waals surface area contributed by atoms with Crippen LogP contribution in [0.1, 0.15) is 5.56 Å². The lowest BCUT2D eigenvalue weighted by atomic mass is 10.2. The van der Waals surface area contributed by atoms with Crippen molar-refractivity contribution in [3.63, 3.8) is 0 Å². The highest BCUT2D eigenvalue weighted by molar-refractivity contribution is 8.18. The first-order chi connectivity index (χ1) is 16.9. The molecule has 2 aliphatic heterocycles. The molecule has 0 spiro atoms. The Bertz CT molecular complexity index is 1180. The quantitative estimate of drug-likeness (QED) is 0.531. The largest absolute Gasteiger partial charge is 0.483 e. The number of imide groups is 1. The Labute approximate surface area is 206 Å². The molecule has 2 aromatic rings. The van der Waals surface area contributed by atoms with Crippen molar-refractivity contribution in [1.29, 1.82) is 0 Å². The topological polar surface area (TPSA) is 131 Å². The Morgan fingerprint density at radius 2 is 1.80 bits per heavy atom. The van der Waals surface area contributed by atoms with E-state index in [1.165, 1.54) is 6.08 Å². The summed E-state index contributed by atoms with van der Waals surface area (Å²) in [4.78, 5) is 52.4. The summed E-state index contributed by atoms with van der Waals surface area (Å²) >= 11 is 0.733. The van der Waals surface area contributed by atoms with Crippen LogP contribution in [0.3, 0.4) is 0 Å². The first kappa shape index (κ1) is 24.3. The normalized spacial score (nSPS) is 17.1. The number of ether oxygens (including phenoxy) is 2. The molecule has 2 saturated heterocycles. The van der Waals surface area contributed by atoms with Crippen LogP contribution >= 0.6 is 11.8 Å². The number of para-hydroxylation sites is 3. The number of thioether (sulfide) groups is 1. The summed E-state index contributed by atoms with van der Waals surface area (Å²) in [5, 5.41) is 2.27. The number of nitrogens with two attached hydrogens (primary N) is 1. The highest BCUT2D eigenvalue weighted by Gasteiger charge is 2.36. The van der Waals surface area contributed by atoms with Gasteiger partial charge in [0.05, 0.1) is 29.5 Å². The van der Waals surface area contributed by atoms with Crippen molar-refractivity contribution in [2.75, 3.05) is 49.7 Å². The summed E-state index contributed by atoms with van der Waals surface area (Å²) in [6.45, 7) is 1.86. The van der Waals surface area contributed by atoms with Gasteiger partial charge in [0.2, 0.25) is 5.91 Å². The third-order valence-corrected chi connectivity index (χ3v) is 6.19. The van der Waals surface area contributed by atoms with Gasteiger partial charge in [-0.2, -0.15) is 0 Å². The Morgan fingerprint density at radius 1 is 1.09 bits per heavy atom. The second-order valence-electron chi connectivity index (χ2n) is 7.73. The van der Waals surface area contributed by atoms with Gasteiger partial charge in [-0.1, -0.05) is 30.3 Å². The number of hydrogen-bond acceptors (Lipinski definition) is 8. The predicted octanol–water partition coefficient (Wildman–Crippen LogP) is 2.06. The Balaban J connectivity index is 1.45. The van der Waals surface area contributed by atoms with Gasteiger partial charge in [-0.3, -0.25) is 24.1 Å². The number of amides is 4. The van der Waals surface area contributed by atoms with E-state index in [9.17, 15) is 19.2 Å². The van der Waals surface area contributed by atoms with Crippen LogP contribution in [0.4, 0.5) is 16.2 Å². The van der Waals surface area contributed by atoms with E-state index < -0.39 is 29.5 Å². The molecule has 0 unspecified atom stereocenters. The molecule has 2 fully saturated rings. The smallest absolute Gasteiger partial charge is 0.294 e. The Kier molecular flexibility index (Phi) is 7.68. The first-order valence-corrected chi connectivity index (χ1v) is 11.7. The van der Waals surface area contributed by atoms with Crippen molar-refractivity contribution in [3.8, 4) is 5.75 Å². The average molecular weight is 497 g/mol. The first-order valence-electron chi connectivity index (χ1n) is 10.9. The Morgan fingerprint density at radius 3 is 2.57 bits per heavy atom. The van der Waals surface area contributed by atoms with Crippen LogP contribution < -0.4 is 20.7 Å². The maximum absolute atomic E-state index is 12.9. The minimum absolute atomic E-state index is 0.145. The van der Waals surface area contributed by atoms with E-state index in [0.29, 0.717) is 43.3 Å². The standard InChI is InChI=1S/C24H24N4O6S/c25-21(29)15-34-19-8-4-1-5-16(19)13-20-23(31)28(24(32)35-20)14-22(30)26-17-6-2-3-7-18(17)27-9-11-33-12-10-27/h1-8,13H,9-12,14-15H2,(H2,25,29)(H,26,30)/b20-13+. The lowest BCUT2D eigenvalue weighted by molar-refractivity contribution is -0.127. The Hall–Kier alpha value is -3.83. The van der Waals surface area contributed by atoms with E-state index >= 15 is 0 Å². The van der Waals surface area contributed by atoms with E-state index in [1.54, 1.807) is 36.4 Å². The summed E-state index contributed by atoms with van der Waals surface area (Å²) in [6, 6.07) is 14.1. The van der Waals surface area contributed by atoms with Gasteiger partial charge in [0.25, 0.3) is 17.1 Å². The molecule has 0 bridgehead atoms. The lowest BCUT2D eigenvalue weighted by Gasteiger charge is -2.30. The van der Waals surface area contributed by atoms with E-state index in [4.69, 9.17) is 15.2 Å². The number of nitrogens with one attached hydrogen (secondary N) is 1. The van der Waals surface area contributed by atoms with Gasteiger partial charge in [-0.15, -0.1) is 0 Å². The molecule has 0 radical (unpaired) electrons. The molecule has 4 rings (SSSR count). The zero-order valence-corrected chi connectivity index (χ0v) is 19.6. The van der Waals surface area contributed by atoms with Crippen molar-refractivity contribution < 1.29 is 28.7 Å². The van der Waals surface area contributed by atoms with E-state index in [2.05, 4.69) is 10.2 Å². The SMILES string of the molecule is NC(=O)COc1ccccc1/C=C1/SC(=O)N(CC(=O)Nc2ccccc2N2CCOCC2)C1=O. The van der Waals surface area contributed by atoms with Crippen molar-refractivity contribution in [2.45, 2.75) is 0 Å². The fraction of sp³-hybridized carbons (Fsp3) is 0.250. The van der Waals surface area contributed by atoms with Crippen LogP contribution in [0.5, 0.6) is 5.75 Å². The molecule has 0 atom stereocenters. The highest BCUT2D eigenvalue weighted by atomic mass is 32.2. The lowest BCUT2D eigenvalue weighted by Crippen LogP contribution is -2.38. The minimum atomic E-state index is -0.638. The number of rotatable bonds is 8. The van der Waals surface area contributed by atoms with Gasteiger partial charge >= 0.3 is 0 Å². The maximum Gasteiger partial charge on any atom is 0.294 e. The molecule has 182 valence electrons. The maximum atomic E-state index is 12.9. The van der Waals surface area contributed by atoms with Crippen molar-refractivity contribution in [3.05, 3.63) is 59.0 Å². The third kappa shape index (κ3) is 6.00. The molecular weight excluding hydrogens is 472 g/mol. The summed E-state index contributed by atoms with van der Waals surface area (Å²) in [5.41, 5.74) is 7.09. The summed E-state index contributed by atoms with van der Waals surface area (Å²) in [6.07, 6.45) is 1.49. The van der Waals surface area contributed by atoms with Gasteiger partial charge in [-0.25, -0.2) is 0 Å². The number of nitrogens with zero attached hydrogens (tertiary/aromatic N) is 2. The summed E-state index contributed by atoms with van der Waals surface area (Å²) in [5.74, 6) is -1.36. The fourth-order valence-electron chi connectivity index (χ4n) is 3.65. The molecule has 2 aromatic carbocycles. The van der Waals surface area contributed by atoms with Crippen LogP contribution in [-0.2, 0) is 19.1 Å². The molecular formula is C24H24N4O6S. The fourth-order valence-corrected chi connectivity index (χ4v) is 4.48. The zero-order chi connectivity index (χ0) is 24.8. The number of anilines is 2. The summed E-state index contributed by atoms with van der Waals surface area (Å²) in [7, 11) is 0. The number of carbonyl (C=O) groups excluding carboxylic acids is 4. The number of carbonyl (C=O) groups is 4. The monoisotopic (exact) mass is 496 g/mol. The molecule has 3 N–H and O–H groups in total. The van der Waals surface area contributed by atoms with Gasteiger partial charge < -0.3 is 25.4 Å². The van der Waals surface area contributed by atoms with Crippen LogP contribution in [0.25, 0.3) is 6.08 Å².